The summed E-state index contributed by atoms with van der Waals surface area (Å²) >= 11 is 0. The van der Waals surface area contributed by atoms with Crippen molar-refractivity contribution in [1.82, 2.24) is 0 Å². The van der Waals surface area contributed by atoms with Gasteiger partial charge in [-0.2, -0.15) is 0 Å². The number of aliphatic carboxylic acids is 1. The number of nitrogens with zero attached hydrogens (tertiary/aromatic N) is 1. The van der Waals surface area contributed by atoms with Gasteiger partial charge >= 0.3 is 5.97 Å². The Balaban J connectivity index is 2.79. The first-order chi connectivity index (χ1) is 7.65. The number of carboxylic acid groups (broad SMARTS) is 1. The maximum atomic E-state index is 11.7. The first kappa shape index (κ1) is 12.2. The van der Waals surface area contributed by atoms with Crippen molar-refractivity contribution in [3.05, 3.63) is 30.3 Å². The lowest BCUT2D eigenvalue weighted by atomic mass is 10.2. The Kier molecular flexibility index (Phi) is 4.51. The summed E-state index contributed by atoms with van der Waals surface area (Å²) in [6.07, 6.45) is 0.329. The minimum atomic E-state index is -0.898. The lowest BCUT2D eigenvalue weighted by Gasteiger charge is -2.21. The minimum absolute atomic E-state index is 0.0410. The second kappa shape index (κ2) is 5.90. The summed E-state index contributed by atoms with van der Waals surface area (Å²) in [7, 11) is 0. The fourth-order valence-corrected chi connectivity index (χ4v) is 1.40. The molecule has 0 aliphatic carbocycles. The Hall–Kier alpha value is -1.84. The van der Waals surface area contributed by atoms with E-state index in [0.29, 0.717) is 6.42 Å². The third-order valence-electron chi connectivity index (χ3n) is 2.22. The van der Waals surface area contributed by atoms with Gasteiger partial charge in [0.2, 0.25) is 5.91 Å². The quantitative estimate of drug-likeness (QED) is 0.826. The molecule has 0 radical (unpaired) electrons. The predicted molar refractivity (Wildman–Crippen MR) is 61.3 cm³/mol. The van der Waals surface area contributed by atoms with Crippen molar-refractivity contribution in [2.24, 2.45) is 0 Å². The molecule has 0 saturated heterocycles. The number of para-hydroxylation sites is 1. The van der Waals surface area contributed by atoms with Crippen LogP contribution in [0.15, 0.2) is 30.3 Å². The van der Waals surface area contributed by atoms with E-state index in [1.165, 1.54) is 4.90 Å². The van der Waals surface area contributed by atoms with Gasteiger partial charge in [-0.25, -0.2) is 0 Å². The molecule has 0 atom stereocenters. The number of amides is 1. The Labute approximate surface area is 94.5 Å². The van der Waals surface area contributed by atoms with Gasteiger partial charge in [0.15, 0.2) is 0 Å². The summed E-state index contributed by atoms with van der Waals surface area (Å²) in [5, 5.41) is 8.63. The fraction of sp³-hybridized carbons (Fsp3) is 0.333. The molecule has 0 heterocycles. The lowest BCUT2D eigenvalue weighted by molar-refractivity contribution is -0.136. The molecule has 0 fully saturated rings. The number of hydrogen-bond donors (Lipinski definition) is 1. The molecule has 1 amide bonds. The van der Waals surface area contributed by atoms with Gasteiger partial charge in [-0.1, -0.05) is 25.1 Å². The number of carbonyl (C=O) groups excluding carboxylic acids is 1. The first-order valence-corrected chi connectivity index (χ1v) is 5.22. The van der Waals surface area contributed by atoms with Crippen molar-refractivity contribution in [2.45, 2.75) is 19.8 Å². The van der Waals surface area contributed by atoms with Crippen LogP contribution in [0.25, 0.3) is 0 Å². The van der Waals surface area contributed by atoms with Gasteiger partial charge < -0.3 is 10.0 Å². The standard InChI is InChI=1S/C12H15NO3/c1-2-11(14)13(9-8-12(15)16)10-6-4-3-5-7-10/h3-7H,2,8-9H2,1H3,(H,15,16). The highest BCUT2D eigenvalue weighted by Gasteiger charge is 2.14. The first-order valence-electron chi connectivity index (χ1n) is 5.22. The summed E-state index contributed by atoms with van der Waals surface area (Å²) < 4.78 is 0. The highest BCUT2D eigenvalue weighted by atomic mass is 16.4. The second-order valence-corrected chi connectivity index (χ2v) is 3.38. The Morgan fingerprint density at radius 2 is 1.88 bits per heavy atom. The van der Waals surface area contributed by atoms with E-state index < -0.39 is 5.97 Å². The molecule has 4 heteroatoms. The molecule has 1 N–H and O–H groups in total. The van der Waals surface area contributed by atoms with Gasteiger partial charge in [-0.15, -0.1) is 0 Å². The van der Waals surface area contributed by atoms with Crippen LogP contribution >= 0.6 is 0 Å². The van der Waals surface area contributed by atoms with E-state index in [0.717, 1.165) is 5.69 Å². The number of rotatable bonds is 5. The molecule has 0 bridgehead atoms. The number of benzene rings is 1. The summed E-state index contributed by atoms with van der Waals surface area (Å²) in [4.78, 5) is 23.7. The van der Waals surface area contributed by atoms with Gasteiger partial charge in [0, 0.05) is 18.7 Å². The Morgan fingerprint density at radius 3 is 2.38 bits per heavy atom. The third-order valence-corrected chi connectivity index (χ3v) is 2.22. The lowest BCUT2D eigenvalue weighted by Crippen LogP contribution is -2.32. The molecule has 0 aromatic heterocycles. The van der Waals surface area contributed by atoms with Gasteiger partial charge in [-0.3, -0.25) is 9.59 Å². The van der Waals surface area contributed by atoms with E-state index >= 15 is 0 Å². The van der Waals surface area contributed by atoms with Crippen LogP contribution < -0.4 is 4.90 Å². The van der Waals surface area contributed by atoms with Crippen LogP contribution in [-0.4, -0.2) is 23.5 Å². The molecule has 0 spiro atoms. The molecule has 0 aliphatic rings. The van der Waals surface area contributed by atoms with Crippen LogP contribution in [0.2, 0.25) is 0 Å². The van der Waals surface area contributed by atoms with Crippen molar-refractivity contribution in [2.75, 3.05) is 11.4 Å². The van der Waals surface area contributed by atoms with Gasteiger partial charge in [0.1, 0.15) is 0 Å². The smallest absolute Gasteiger partial charge is 0.305 e. The molecule has 86 valence electrons. The van der Waals surface area contributed by atoms with Crippen molar-refractivity contribution >= 4 is 17.6 Å². The van der Waals surface area contributed by atoms with Crippen molar-refractivity contribution in [1.29, 1.82) is 0 Å². The second-order valence-electron chi connectivity index (χ2n) is 3.38. The molecule has 1 aromatic rings. The van der Waals surface area contributed by atoms with Crippen LogP contribution in [0.1, 0.15) is 19.8 Å². The molecular weight excluding hydrogens is 206 g/mol. The molecule has 16 heavy (non-hydrogen) atoms. The molecular formula is C12H15NO3. The van der Waals surface area contributed by atoms with Crippen molar-refractivity contribution in [3.8, 4) is 0 Å². The van der Waals surface area contributed by atoms with Crippen LogP contribution in [0.3, 0.4) is 0 Å². The van der Waals surface area contributed by atoms with Crippen molar-refractivity contribution in [3.63, 3.8) is 0 Å². The SMILES string of the molecule is CCC(=O)N(CCC(=O)O)c1ccccc1. The summed E-state index contributed by atoms with van der Waals surface area (Å²) in [5.41, 5.74) is 0.746. The largest absolute Gasteiger partial charge is 0.481 e. The van der Waals surface area contributed by atoms with Crippen LogP contribution in [0.4, 0.5) is 5.69 Å². The molecule has 1 aromatic carbocycles. The van der Waals surface area contributed by atoms with Gasteiger partial charge in [-0.05, 0) is 12.1 Å². The van der Waals surface area contributed by atoms with Crippen molar-refractivity contribution < 1.29 is 14.7 Å². The normalized spacial score (nSPS) is 9.81. The van der Waals surface area contributed by atoms with E-state index in [1.807, 2.05) is 18.2 Å². The van der Waals surface area contributed by atoms with Gasteiger partial charge in [0.05, 0.1) is 6.42 Å². The van der Waals surface area contributed by atoms with Crippen LogP contribution in [0, 0.1) is 0 Å². The highest BCUT2D eigenvalue weighted by Crippen LogP contribution is 2.14. The zero-order valence-corrected chi connectivity index (χ0v) is 9.22. The number of carbonyl (C=O) groups is 2. The zero-order chi connectivity index (χ0) is 12.0. The Bertz CT molecular complexity index is 362. The number of hydrogen-bond acceptors (Lipinski definition) is 2. The molecule has 0 saturated carbocycles. The van der Waals surface area contributed by atoms with Crippen LogP contribution in [0.5, 0.6) is 0 Å². The molecule has 0 aliphatic heterocycles. The zero-order valence-electron chi connectivity index (χ0n) is 9.22. The molecule has 0 unspecified atom stereocenters. The topological polar surface area (TPSA) is 57.6 Å². The number of carboxylic acids is 1. The summed E-state index contributed by atoms with van der Waals surface area (Å²) in [5.74, 6) is -0.961. The summed E-state index contributed by atoms with van der Waals surface area (Å²) in [6, 6.07) is 9.11. The van der Waals surface area contributed by atoms with E-state index in [1.54, 1.807) is 19.1 Å². The predicted octanol–water partition coefficient (Wildman–Crippen LogP) is 1.90. The van der Waals surface area contributed by atoms with E-state index in [2.05, 4.69) is 0 Å². The minimum Gasteiger partial charge on any atom is -0.481 e. The maximum Gasteiger partial charge on any atom is 0.305 e. The molecule has 1 rings (SSSR count). The van der Waals surface area contributed by atoms with E-state index in [9.17, 15) is 9.59 Å². The maximum absolute atomic E-state index is 11.7. The summed E-state index contributed by atoms with van der Waals surface area (Å²) in [6.45, 7) is 1.98. The van der Waals surface area contributed by atoms with E-state index in [4.69, 9.17) is 5.11 Å². The third kappa shape index (κ3) is 3.38. The van der Waals surface area contributed by atoms with Gasteiger partial charge in [0.25, 0.3) is 0 Å². The number of anilines is 1. The average molecular weight is 221 g/mol. The molecule has 4 nitrogen and oxygen atoms in total. The highest BCUT2D eigenvalue weighted by molar-refractivity contribution is 5.93. The average Bonchev–Trinajstić information content (AvgIpc) is 2.30. The van der Waals surface area contributed by atoms with E-state index in [-0.39, 0.29) is 18.9 Å². The van der Waals surface area contributed by atoms with Crippen LogP contribution in [-0.2, 0) is 9.59 Å². The fourth-order valence-electron chi connectivity index (χ4n) is 1.40. The Morgan fingerprint density at radius 1 is 1.25 bits per heavy atom. The monoisotopic (exact) mass is 221 g/mol.